The van der Waals surface area contributed by atoms with Gasteiger partial charge in [-0.3, -0.25) is 0 Å². The number of phenols is 1. The number of phenolic OH excluding ortho intramolecular Hbond substituents is 1. The molecule has 0 bridgehead atoms. The molecule has 5 nitrogen and oxygen atoms in total. The Morgan fingerprint density at radius 2 is 2.27 bits per heavy atom. The molecule has 1 atom stereocenters. The van der Waals surface area contributed by atoms with Crippen molar-refractivity contribution in [1.29, 1.82) is 0 Å². The summed E-state index contributed by atoms with van der Waals surface area (Å²) in [6.45, 7) is 4.40. The Morgan fingerprint density at radius 1 is 1.45 bits per heavy atom. The van der Waals surface area contributed by atoms with E-state index in [4.69, 9.17) is 0 Å². The fraction of sp³-hybridized carbons (Fsp3) is 0.375. The van der Waals surface area contributed by atoms with Gasteiger partial charge in [0.2, 0.25) is 0 Å². The van der Waals surface area contributed by atoms with E-state index in [1.807, 2.05) is 26.0 Å². The number of hydrogen-bond acceptors (Lipinski definition) is 4. The molecule has 3 N–H and O–H groups in total. The lowest BCUT2D eigenvalue weighted by atomic mass is 10.1. The van der Waals surface area contributed by atoms with Crippen molar-refractivity contribution in [2.24, 2.45) is 0 Å². The minimum Gasteiger partial charge on any atom is -0.508 e. The third-order valence-electron chi connectivity index (χ3n) is 3.97. The summed E-state index contributed by atoms with van der Waals surface area (Å²) >= 11 is 1.64. The highest BCUT2D eigenvalue weighted by Gasteiger charge is 2.25. The SMILES string of the molecule is Cc1nc(CNC(=O)N[C@@H]2CCc3c(O)cccc32)c(C)s1. The molecule has 1 aromatic carbocycles. The van der Waals surface area contributed by atoms with Gasteiger partial charge < -0.3 is 15.7 Å². The van der Waals surface area contributed by atoms with Crippen molar-refractivity contribution in [2.45, 2.75) is 39.3 Å². The van der Waals surface area contributed by atoms with E-state index >= 15 is 0 Å². The number of urea groups is 1. The first-order chi connectivity index (χ1) is 10.5. The van der Waals surface area contributed by atoms with Crippen molar-refractivity contribution in [3.63, 3.8) is 0 Å². The summed E-state index contributed by atoms with van der Waals surface area (Å²) in [5.74, 6) is 0.316. The van der Waals surface area contributed by atoms with E-state index in [0.717, 1.165) is 39.5 Å². The molecular formula is C16H19N3O2S. The predicted molar refractivity (Wildman–Crippen MR) is 86.1 cm³/mol. The molecule has 1 aliphatic carbocycles. The molecule has 3 rings (SSSR count). The second-order valence-corrected chi connectivity index (χ2v) is 6.91. The van der Waals surface area contributed by atoms with Crippen LogP contribution in [0.3, 0.4) is 0 Å². The number of hydrogen-bond donors (Lipinski definition) is 3. The topological polar surface area (TPSA) is 74.2 Å². The molecular weight excluding hydrogens is 298 g/mol. The van der Waals surface area contributed by atoms with Gasteiger partial charge in [-0.05, 0) is 43.9 Å². The van der Waals surface area contributed by atoms with Crippen molar-refractivity contribution in [3.8, 4) is 5.75 Å². The lowest BCUT2D eigenvalue weighted by Gasteiger charge is -2.15. The fourth-order valence-corrected chi connectivity index (χ4v) is 3.73. The van der Waals surface area contributed by atoms with E-state index in [9.17, 15) is 9.90 Å². The molecule has 1 aliphatic rings. The predicted octanol–water partition coefficient (Wildman–Crippen LogP) is 2.95. The quantitative estimate of drug-likeness (QED) is 0.815. The van der Waals surface area contributed by atoms with Gasteiger partial charge in [-0.2, -0.15) is 0 Å². The molecule has 1 heterocycles. The molecule has 0 unspecified atom stereocenters. The van der Waals surface area contributed by atoms with Crippen LogP contribution in [0.5, 0.6) is 5.75 Å². The van der Waals surface area contributed by atoms with Crippen molar-refractivity contribution < 1.29 is 9.90 Å². The zero-order valence-corrected chi connectivity index (χ0v) is 13.5. The first kappa shape index (κ1) is 14.8. The van der Waals surface area contributed by atoms with Gasteiger partial charge in [0.05, 0.1) is 23.3 Å². The largest absolute Gasteiger partial charge is 0.508 e. The van der Waals surface area contributed by atoms with Gasteiger partial charge in [-0.1, -0.05) is 12.1 Å². The molecule has 116 valence electrons. The third-order valence-corrected chi connectivity index (χ3v) is 4.90. The van der Waals surface area contributed by atoms with Gasteiger partial charge in [-0.15, -0.1) is 11.3 Å². The Morgan fingerprint density at radius 3 is 3.00 bits per heavy atom. The normalized spacial score (nSPS) is 16.4. The zero-order chi connectivity index (χ0) is 15.7. The Labute approximate surface area is 133 Å². The summed E-state index contributed by atoms with van der Waals surface area (Å²) in [6.07, 6.45) is 1.60. The number of thiazole rings is 1. The smallest absolute Gasteiger partial charge is 0.315 e. The number of amides is 2. The van der Waals surface area contributed by atoms with Crippen LogP contribution in [0.4, 0.5) is 4.79 Å². The van der Waals surface area contributed by atoms with Gasteiger partial charge in [0, 0.05) is 4.88 Å². The van der Waals surface area contributed by atoms with E-state index in [-0.39, 0.29) is 12.1 Å². The number of benzene rings is 1. The van der Waals surface area contributed by atoms with Crippen molar-refractivity contribution in [1.82, 2.24) is 15.6 Å². The number of aryl methyl sites for hydroxylation is 2. The summed E-state index contributed by atoms with van der Waals surface area (Å²) in [4.78, 5) is 17.6. The molecule has 0 saturated heterocycles. The minimum atomic E-state index is -0.203. The average Bonchev–Trinajstić information content (AvgIpc) is 3.01. The molecule has 0 aliphatic heterocycles. The lowest BCUT2D eigenvalue weighted by Crippen LogP contribution is -2.37. The van der Waals surface area contributed by atoms with Crippen molar-refractivity contribution in [2.75, 3.05) is 0 Å². The monoisotopic (exact) mass is 317 g/mol. The zero-order valence-electron chi connectivity index (χ0n) is 12.6. The third kappa shape index (κ3) is 2.92. The highest BCUT2D eigenvalue weighted by molar-refractivity contribution is 7.11. The molecule has 0 fully saturated rings. The number of rotatable bonds is 3. The molecule has 1 aromatic heterocycles. The Kier molecular flexibility index (Phi) is 4.02. The standard InChI is InChI=1S/C16H19N3O2S/c1-9-14(18-10(2)22-9)8-17-16(21)19-13-7-6-12-11(13)4-3-5-15(12)20/h3-5,13,20H,6-8H2,1-2H3,(H2,17,19,21)/t13-/m1/s1. The van der Waals surface area contributed by atoms with E-state index < -0.39 is 0 Å². The maximum atomic E-state index is 12.1. The number of nitrogens with zero attached hydrogens (tertiary/aromatic N) is 1. The van der Waals surface area contributed by atoms with Crippen molar-refractivity contribution in [3.05, 3.63) is 44.9 Å². The Bertz CT molecular complexity index is 711. The van der Waals surface area contributed by atoms with Crippen LogP contribution in [-0.2, 0) is 13.0 Å². The van der Waals surface area contributed by atoms with Gasteiger partial charge in [0.25, 0.3) is 0 Å². The van der Waals surface area contributed by atoms with Crippen molar-refractivity contribution >= 4 is 17.4 Å². The number of carbonyl (C=O) groups excluding carboxylic acids is 1. The second kappa shape index (κ2) is 5.96. The van der Waals surface area contributed by atoms with Gasteiger partial charge in [0.1, 0.15) is 5.75 Å². The fourth-order valence-electron chi connectivity index (χ4n) is 2.89. The lowest BCUT2D eigenvalue weighted by molar-refractivity contribution is 0.236. The van der Waals surface area contributed by atoms with E-state index in [0.29, 0.717) is 12.3 Å². The summed E-state index contributed by atoms with van der Waals surface area (Å²) in [6, 6.07) is 5.22. The van der Waals surface area contributed by atoms with Crippen LogP contribution in [0.25, 0.3) is 0 Å². The number of fused-ring (bicyclic) bond motifs is 1. The first-order valence-corrected chi connectivity index (χ1v) is 8.14. The molecule has 2 aromatic rings. The molecule has 22 heavy (non-hydrogen) atoms. The maximum Gasteiger partial charge on any atom is 0.315 e. The molecule has 2 amide bonds. The number of aromatic nitrogens is 1. The Hall–Kier alpha value is -2.08. The molecule has 0 radical (unpaired) electrons. The van der Waals surface area contributed by atoms with E-state index in [1.54, 1.807) is 17.4 Å². The molecule has 0 saturated carbocycles. The average molecular weight is 317 g/mol. The molecule has 6 heteroatoms. The van der Waals surface area contributed by atoms with Crippen LogP contribution < -0.4 is 10.6 Å². The highest BCUT2D eigenvalue weighted by atomic mass is 32.1. The van der Waals surface area contributed by atoms with Crippen LogP contribution in [0.2, 0.25) is 0 Å². The summed E-state index contributed by atoms with van der Waals surface area (Å²) in [7, 11) is 0. The van der Waals surface area contributed by atoms with Crippen LogP contribution in [0.1, 0.15) is 39.2 Å². The minimum absolute atomic E-state index is 0.0413. The Balaban J connectivity index is 1.60. The van der Waals surface area contributed by atoms with E-state index in [2.05, 4.69) is 15.6 Å². The van der Waals surface area contributed by atoms with Crippen LogP contribution >= 0.6 is 11.3 Å². The van der Waals surface area contributed by atoms with Crippen LogP contribution in [0.15, 0.2) is 18.2 Å². The van der Waals surface area contributed by atoms with Crippen LogP contribution in [-0.4, -0.2) is 16.1 Å². The van der Waals surface area contributed by atoms with Gasteiger partial charge in [0.15, 0.2) is 0 Å². The van der Waals surface area contributed by atoms with Crippen LogP contribution in [0, 0.1) is 13.8 Å². The number of carbonyl (C=O) groups is 1. The maximum absolute atomic E-state index is 12.1. The number of aromatic hydroxyl groups is 1. The van der Waals surface area contributed by atoms with E-state index in [1.165, 1.54) is 0 Å². The summed E-state index contributed by atoms with van der Waals surface area (Å²) in [5.41, 5.74) is 2.87. The second-order valence-electron chi connectivity index (χ2n) is 5.50. The summed E-state index contributed by atoms with van der Waals surface area (Å²) in [5, 5.41) is 16.7. The number of nitrogens with one attached hydrogen (secondary N) is 2. The molecule has 0 spiro atoms. The summed E-state index contributed by atoms with van der Waals surface area (Å²) < 4.78 is 0. The highest BCUT2D eigenvalue weighted by Crippen LogP contribution is 2.36. The van der Waals surface area contributed by atoms with Gasteiger partial charge >= 0.3 is 6.03 Å². The van der Waals surface area contributed by atoms with Gasteiger partial charge in [-0.25, -0.2) is 9.78 Å². The first-order valence-electron chi connectivity index (χ1n) is 7.32.